The summed E-state index contributed by atoms with van der Waals surface area (Å²) in [5.41, 5.74) is 9.00. The van der Waals surface area contributed by atoms with Crippen LogP contribution in [0, 0.1) is 5.82 Å². The van der Waals surface area contributed by atoms with Crippen LogP contribution in [0.3, 0.4) is 0 Å². The number of hydrogen-bond donors (Lipinski definition) is 2. The first-order chi connectivity index (χ1) is 12.9. The summed E-state index contributed by atoms with van der Waals surface area (Å²) in [5, 5.41) is 1.31. The summed E-state index contributed by atoms with van der Waals surface area (Å²) >= 11 is 0. The minimum absolute atomic E-state index is 0.000470. The Balaban J connectivity index is 2.03. The Kier molecular flexibility index (Phi) is 5.05. The molecule has 0 spiro atoms. The highest BCUT2D eigenvalue weighted by atomic mass is 19.1. The molecule has 7 heteroatoms. The van der Waals surface area contributed by atoms with Gasteiger partial charge in [0.05, 0.1) is 12.0 Å². The van der Waals surface area contributed by atoms with E-state index in [0.717, 1.165) is 5.69 Å². The minimum Gasteiger partial charge on any atom is -0.396 e. The number of rotatable bonds is 5. The molecule has 0 bridgehead atoms. The van der Waals surface area contributed by atoms with E-state index >= 15 is 0 Å². The quantitative estimate of drug-likeness (QED) is 0.412. The van der Waals surface area contributed by atoms with Crippen LogP contribution in [0.4, 0.5) is 4.39 Å². The summed E-state index contributed by atoms with van der Waals surface area (Å²) in [7, 11) is 1.61. The summed E-state index contributed by atoms with van der Waals surface area (Å²) in [6.07, 6.45) is 3.35. The maximum Gasteiger partial charge on any atom is 0.159 e. The molecule has 0 radical (unpaired) electrons. The van der Waals surface area contributed by atoms with Gasteiger partial charge in [0.25, 0.3) is 0 Å². The molecule has 0 atom stereocenters. The smallest absolute Gasteiger partial charge is 0.159 e. The lowest BCUT2D eigenvalue weighted by Crippen LogP contribution is -2.27. The second kappa shape index (κ2) is 7.43. The number of benzene rings is 2. The molecule has 3 rings (SSSR count). The fraction of sp³-hybridized carbons (Fsp3) is 0.100. The second-order valence-electron chi connectivity index (χ2n) is 6.12. The molecule has 0 fully saturated rings. The Morgan fingerprint density at radius 1 is 1.15 bits per heavy atom. The number of hydrogen-bond acceptors (Lipinski definition) is 5. The van der Waals surface area contributed by atoms with Crippen molar-refractivity contribution in [3.8, 4) is 5.69 Å². The molecule has 0 aliphatic rings. The topological polar surface area (TPSA) is 90.2 Å². The first kappa shape index (κ1) is 18.3. The molecule has 138 valence electrons. The van der Waals surface area contributed by atoms with Crippen LogP contribution in [0.5, 0.6) is 0 Å². The number of Topliss-reactive ketones (excluding diaryl/α,β-unsaturated/α-hetero) is 1. The monoisotopic (exact) mass is 365 g/mol. The summed E-state index contributed by atoms with van der Waals surface area (Å²) in [5.74, 6) is 5.51. The van der Waals surface area contributed by atoms with Gasteiger partial charge in [0.1, 0.15) is 17.2 Å². The van der Waals surface area contributed by atoms with Gasteiger partial charge in [0, 0.05) is 30.1 Å². The van der Waals surface area contributed by atoms with Crippen LogP contribution < -0.4 is 11.6 Å². The molecule has 1 aromatic heterocycles. The van der Waals surface area contributed by atoms with Crippen molar-refractivity contribution in [2.75, 3.05) is 7.05 Å². The molecule has 27 heavy (non-hydrogen) atoms. The fourth-order valence-electron chi connectivity index (χ4n) is 2.77. The lowest BCUT2D eigenvalue weighted by molar-refractivity contribution is 0.101. The van der Waals surface area contributed by atoms with Crippen LogP contribution in [0.1, 0.15) is 28.5 Å². The van der Waals surface area contributed by atoms with Crippen molar-refractivity contribution in [3.05, 3.63) is 83.7 Å². The largest absolute Gasteiger partial charge is 0.396 e. The van der Waals surface area contributed by atoms with Gasteiger partial charge in [-0.15, -0.1) is 0 Å². The number of imidazole rings is 1. The zero-order chi connectivity index (χ0) is 19.6. The van der Waals surface area contributed by atoms with E-state index in [1.807, 2.05) is 12.1 Å². The summed E-state index contributed by atoms with van der Waals surface area (Å²) < 4.78 is 15.9. The van der Waals surface area contributed by atoms with Gasteiger partial charge in [-0.3, -0.25) is 4.79 Å². The van der Waals surface area contributed by atoms with E-state index in [1.54, 1.807) is 54.5 Å². The van der Waals surface area contributed by atoms with Gasteiger partial charge in [-0.1, -0.05) is 12.1 Å². The first-order valence-corrected chi connectivity index (χ1v) is 8.27. The highest BCUT2D eigenvalue weighted by Crippen LogP contribution is 2.25. The molecular weight excluding hydrogens is 345 g/mol. The maximum atomic E-state index is 14.1. The Bertz CT molecular complexity index is 1010. The number of halogens is 1. The summed E-state index contributed by atoms with van der Waals surface area (Å²) in [6.45, 7) is 1.52. The summed E-state index contributed by atoms with van der Waals surface area (Å²) in [6, 6.07) is 13.4. The van der Waals surface area contributed by atoms with E-state index in [1.165, 1.54) is 18.0 Å². The van der Waals surface area contributed by atoms with E-state index in [0.29, 0.717) is 17.0 Å². The Labute approximate surface area is 156 Å². The van der Waals surface area contributed by atoms with Crippen molar-refractivity contribution in [1.29, 1.82) is 0 Å². The van der Waals surface area contributed by atoms with E-state index in [9.17, 15) is 9.18 Å². The number of aromatic nitrogens is 2. The SMILES string of the molecule is CC(=O)c1ccc(-n2cnc(/C(=C(/N)c3ccccc3F)N(C)N)c2)cc1. The normalized spacial score (nSPS) is 11.9. The predicted octanol–water partition coefficient (Wildman–Crippen LogP) is 2.80. The maximum absolute atomic E-state index is 14.1. The predicted molar refractivity (Wildman–Crippen MR) is 103 cm³/mol. The van der Waals surface area contributed by atoms with Crippen molar-refractivity contribution >= 4 is 17.2 Å². The lowest BCUT2D eigenvalue weighted by Gasteiger charge is -2.18. The van der Waals surface area contributed by atoms with Crippen LogP contribution in [0.25, 0.3) is 17.1 Å². The minimum atomic E-state index is -0.436. The zero-order valence-electron chi connectivity index (χ0n) is 15.1. The first-order valence-electron chi connectivity index (χ1n) is 8.27. The molecule has 0 amide bonds. The average Bonchev–Trinajstić information content (AvgIpc) is 3.11. The zero-order valence-corrected chi connectivity index (χ0v) is 15.1. The molecule has 4 N–H and O–H groups in total. The number of hydrazine groups is 1. The average molecular weight is 365 g/mol. The number of nitrogens with two attached hydrogens (primary N) is 2. The highest BCUT2D eigenvalue weighted by Gasteiger charge is 2.17. The number of carbonyl (C=O) groups excluding carboxylic acids is 1. The van der Waals surface area contributed by atoms with Crippen molar-refractivity contribution in [1.82, 2.24) is 14.6 Å². The molecule has 2 aromatic carbocycles. The second-order valence-corrected chi connectivity index (χ2v) is 6.12. The lowest BCUT2D eigenvalue weighted by atomic mass is 10.1. The van der Waals surface area contributed by atoms with Crippen LogP contribution in [-0.2, 0) is 0 Å². The number of nitrogens with zero attached hydrogens (tertiary/aromatic N) is 3. The van der Waals surface area contributed by atoms with E-state index in [2.05, 4.69) is 4.98 Å². The number of carbonyl (C=O) groups is 1. The van der Waals surface area contributed by atoms with Crippen molar-refractivity contribution in [2.45, 2.75) is 6.92 Å². The molecule has 0 unspecified atom stereocenters. The van der Waals surface area contributed by atoms with Gasteiger partial charge >= 0.3 is 0 Å². The Hall–Kier alpha value is -3.45. The molecule has 0 saturated carbocycles. The van der Waals surface area contributed by atoms with Gasteiger partial charge in [-0.25, -0.2) is 15.2 Å². The third-order valence-corrected chi connectivity index (χ3v) is 4.17. The molecule has 0 aliphatic carbocycles. The Morgan fingerprint density at radius 3 is 2.41 bits per heavy atom. The van der Waals surface area contributed by atoms with Gasteiger partial charge in [-0.2, -0.15) is 0 Å². The molecule has 3 aromatic rings. The highest BCUT2D eigenvalue weighted by molar-refractivity contribution is 5.94. The van der Waals surface area contributed by atoms with Gasteiger partial charge in [-0.05, 0) is 43.3 Å². The summed E-state index contributed by atoms with van der Waals surface area (Å²) in [4.78, 5) is 15.8. The molecular formula is C20H20FN5O. The van der Waals surface area contributed by atoms with Crippen LogP contribution in [0.2, 0.25) is 0 Å². The van der Waals surface area contributed by atoms with Crippen molar-refractivity contribution < 1.29 is 9.18 Å². The van der Waals surface area contributed by atoms with Crippen LogP contribution in [0.15, 0.2) is 61.1 Å². The standard InChI is InChI=1S/C20H20FN5O/c1-13(27)14-7-9-15(10-8-14)26-11-18(24-12-26)20(25(2)23)19(22)16-5-3-4-6-17(16)21/h3-12H,22-23H2,1-2H3/b20-19-. The Morgan fingerprint density at radius 2 is 1.81 bits per heavy atom. The molecule has 0 saturated heterocycles. The molecule has 6 nitrogen and oxygen atoms in total. The third kappa shape index (κ3) is 3.73. The van der Waals surface area contributed by atoms with E-state index in [4.69, 9.17) is 11.6 Å². The van der Waals surface area contributed by atoms with Crippen LogP contribution >= 0.6 is 0 Å². The van der Waals surface area contributed by atoms with Crippen molar-refractivity contribution in [2.24, 2.45) is 11.6 Å². The van der Waals surface area contributed by atoms with Gasteiger partial charge in [0.2, 0.25) is 0 Å². The number of ketones is 1. The van der Waals surface area contributed by atoms with Crippen LogP contribution in [-0.4, -0.2) is 27.4 Å². The van der Waals surface area contributed by atoms with E-state index < -0.39 is 5.82 Å². The molecule has 1 heterocycles. The van der Waals surface area contributed by atoms with Crippen molar-refractivity contribution in [3.63, 3.8) is 0 Å². The molecule has 0 aliphatic heterocycles. The third-order valence-electron chi connectivity index (χ3n) is 4.17. The van der Waals surface area contributed by atoms with Gasteiger partial charge < -0.3 is 15.3 Å². The van der Waals surface area contributed by atoms with E-state index in [-0.39, 0.29) is 17.0 Å². The van der Waals surface area contributed by atoms with Gasteiger partial charge in [0.15, 0.2) is 5.78 Å². The fourth-order valence-corrected chi connectivity index (χ4v) is 2.77.